The standard InChI is InChI=1S/C16H15ClF3NO4/c17-10-1-2-13-8(4-10)3-9(7-25-13)14(22)21-5-11(15(23)24)12(6-21)16(18,19)20/h1-2,4,9,11-12H,3,5-7H2,(H,23,24)/t9?,11-,12-/m1/s1. The summed E-state index contributed by atoms with van der Waals surface area (Å²) in [4.78, 5) is 24.7. The second-order valence-electron chi connectivity index (χ2n) is 6.30. The highest BCUT2D eigenvalue weighted by atomic mass is 35.5. The van der Waals surface area contributed by atoms with Crippen molar-refractivity contribution in [1.82, 2.24) is 4.90 Å². The molecule has 0 aromatic heterocycles. The third-order valence-corrected chi connectivity index (χ3v) is 4.88. The molecule has 25 heavy (non-hydrogen) atoms. The van der Waals surface area contributed by atoms with E-state index < -0.39 is 48.9 Å². The Labute approximate surface area is 146 Å². The molecule has 3 rings (SSSR count). The molecule has 5 nitrogen and oxygen atoms in total. The molecule has 0 spiro atoms. The van der Waals surface area contributed by atoms with Gasteiger partial charge in [0.05, 0.1) is 17.8 Å². The zero-order valence-corrected chi connectivity index (χ0v) is 13.7. The monoisotopic (exact) mass is 377 g/mol. The Bertz CT molecular complexity index is 709. The van der Waals surface area contributed by atoms with E-state index in [2.05, 4.69) is 0 Å². The van der Waals surface area contributed by atoms with Crippen molar-refractivity contribution < 1.29 is 32.6 Å². The highest BCUT2D eigenvalue weighted by Crippen LogP contribution is 2.39. The van der Waals surface area contributed by atoms with E-state index in [-0.39, 0.29) is 6.61 Å². The molecule has 1 N–H and O–H groups in total. The number of ether oxygens (including phenoxy) is 1. The molecule has 0 aliphatic carbocycles. The van der Waals surface area contributed by atoms with Crippen molar-refractivity contribution in [2.24, 2.45) is 17.8 Å². The molecule has 0 bridgehead atoms. The molecule has 3 atom stereocenters. The summed E-state index contributed by atoms with van der Waals surface area (Å²) in [6.07, 6.45) is -4.37. The van der Waals surface area contributed by atoms with E-state index in [1.807, 2.05) is 0 Å². The fourth-order valence-corrected chi connectivity index (χ4v) is 3.54. The van der Waals surface area contributed by atoms with Crippen molar-refractivity contribution >= 4 is 23.5 Å². The number of rotatable bonds is 2. The number of fused-ring (bicyclic) bond motifs is 1. The summed E-state index contributed by atoms with van der Waals surface area (Å²) in [7, 11) is 0. The van der Waals surface area contributed by atoms with Gasteiger partial charge in [-0.15, -0.1) is 0 Å². The van der Waals surface area contributed by atoms with E-state index in [1.54, 1.807) is 18.2 Å². The fourth-order valence-electron chi connectivity index (χ4n) is 3.35. The van der Waals surface area contributed by atoms with Crippen LogP contribution in [-0.4, -0.2) is 47.8 Å². The summed E-state index contributed by atoms with van der Waals surface area (Å²) < 4.78 is 44.6. The first-order chi connectivity index (χ1) is 11.7. The lowest BCUT2D eigenvalue weighted by molar-refractivity contribution is -0.188. The maximum absolute atomic E-state index is 13.1. The summed E-state index contributed by atoms with van der Waals surface area (Å²) in [5.74, 6) is -5.84. The molecule has 1 amide bonds. The highest BCUT2D eigenvalue weighted by Gasteiger charge is 2.54. The highest BCUT2D eigenvalue weighted by molar-refractivity contribution is 6.30. The van der Waals surface area contributed by atoms with Gasteiger partial charge in [-0.1, -0.05) is 11.6 Å². The van der Waals surface area contributed by atoms with Gasteiger partial charge in [-0.2, -0.15) is 13.2 Å². The molecule has 1 aromatic rings. The van der Waals surface area contributed by atoms with Crippen LogP contribution in [0.4, 0.5) is 13.2 Å². The van der Waals surface area contributed by atoms with Crippen LogP contribution in [-0.2, 0) is 16.0 Å². The van der Waals surface area contributed by atoms with Crippen LogP contribution in [0.15, 0.2) is 18.2 Å². The number of alkyl halides is 3. The Balaban J connectivity index is 1.75. The van der Waals surface area contributed by atoms with E-state index in [4.69, 9.17) is 21.4 Å². The Morgan fingerprint density at radius 3 is 2.60 bits per heavy atom. The number of carbonyl (C=O) groups excluding carboxylic acids is 1. The largest absolute Gasteiger partial charge is 0.492 e. The number of carboxylic acid groups (broad SMARTS) is 1. The van der Waals surface area contributed by atoms with Crippen molar-refractivity contribution in [2.45, 2.75) is 12.6 Å². The number of hydrogen-bond donors (Lipinski definition) is 1. The smallest absolute Gasteiger partial charge is 0.394 e. The normalized spacial score (nSPS) is 26.1. The lowest BCUT2D eigenvalue weighted by atomic mass is 9.95. The number of carboxylic acids is 1. The van der Waals surface area contributed by atoms with Crippen molar-refractivity contribution in [1.29, 1.82) is 0 Å². The van der Waals surface area contributed by atoms with Gasteiger partial charge in [-0.05, 0) is 30.2 Å². The number of amides is 1. The van der Waals surface area contributed by atoms with E-state index in [0.29, 0.717) is 22.8 Å². The lowest BCUT2D eigenvalue weighted by Crippen LogP contribution is -2.40. The van der Waals surface area contributed by atoms with Gasteiger partial charge in [0.2, 0.25) is 5.91 Å². The summed E-state index contributed by atoms with van der Waals surface area (Å²) in [6, 6.07) is 4.97. The first-order valence-electron chi connectivity index (χ1n) is 7.66. The lowest BCUT2D eigenvalue weighted by Gasteiger charge is -2.28. The molecule has 2 aliphatic heterocycles. The molecule has 1 aromatic carbocycles. The van der Waals surface area contributed by atoms with Gasteiger partial charge in [0, 0.05) is 18.1 Å². The average molecular weight is 378 g/mol. The van der Waals surface area contributed by atoms with Gasteiger partial charge in [0.15, 0.2) is 0 Å². The Morgan fingerprint density at radius 1 is 1.28 bits per heavy atom. The zero-order chi connectivity index (χ0) is 18.4. The first kappa shape index (κ1) is 17.8. The summed E-state index contributed by atoms with van der Waals surface area (Å²) in [5.41, 5.74) is 0.707. The maximum Gasteiger partial charge on any atom is 0.394 e. The summed E-state index contributed by atoms with van der Waals surface area (Å²) >= 11 is 5.91. The summed E-state index contributed by atoms with van der Waals surface area (Å²) in [6.45, 7) is -1.05. The van der Waals surface area contributed by atoms with E-state index >= 15 is 0 Å². The number of nitrogens with zero attached hydrogens (tertiary/aromatic N) is 1. The molecular formula is C16H15ClF3NO4. The molecule has 0 radical (unpaired) electrons. The summed E-state index contributed by atoms with van der Waals surface area (Å²) in [5, 5.41) is 9.51. The van der Waals surface area contributed by atoms with Crippen LogP contribution in [0.25, 0.3) is 0 Å². The minimum absolute atomic E-state index is 0.0401. The van der Waals surface area contributed by atoms with Crippen LogP contribution >= 0.6 is 11.6 Å². The van der Waals surface area contributed by atoms with Crippen molar-refractivity contribution in [2.75, 3.05) is 19.7 Å². The zero-order valence-electron chi connectivity index (χ0n) is 12.9. The fraction of sp³-hybridized carbons (Fsp3) is 0.500. The first-order valence-corrected chi connectivity index (χ1v) is 8.04. The van der Waals surface area contributed by atoms with Crippen LogP contribution in [0.5, 0.6) is 5.75 Å². The van der Waals surface area contributed by atoms with Gasteiger partial charge >= 0.3 is 12.1 Å². The molecule has 1 unspecified atom stereocenters. The Morgan fingerprint density at radius 2 is 2.00 bits per heavy atom. The third-order valence-electron chi connectivity index (χ3n) is 4.65. The predicted octanol–water partition coefficient (Wildman–Crippen LogP) is 2.61. The van der Waals surface area contributed by atoms with Gasteiger partial charge in [-0.25, -0.2) is 0 Å². The molecule has 1 fully saturated rings. The number of carbonyl (C=O) groups is 2. The molecule has 2 heterocycles. The molecule has 2 aliphatic rings. The number of benzene rings is 1. The number of halogens is 4. The van der Waals surface area contributed by atoms with Gasteiger partial charge in [-0.3, -0.25) is 9.59 Å². The van der Waals surface area contributed by atoms with Crippen molar-refractivity contribution in [3.8, 4) is 5.75 Å². The quantitative estimate of drug-likeness (QED) is 0.860. The van der Waals surface area contributed by atoms with Gasteiger partial charge < -0.3 is 14.7 Å². The Kier molecular flexibility index (Phi) is 4.57. The SMILES string of the molecule is O=C(O)[C@@H]1CN(C(=O)C2COc3ccc(Cl)cc3C2)C[C@H]1C(F)(F)F. The Hall–Kier alpha value is -1.96. The van der Waals surface area contributed by atoms with Crippen LogP contribution < -0.4 is 4.74 Å². The van der Waals surface area contributed by atoms with E-state index in [9.17, 15) is 22.8 Å². The van der Waals surface area contributed by atoms with Crippen LogP contribution in [0.2, 0.25) is 5.02 Å². The van der Waals surface area contributed by atoms with Crippen LogP contribution in [0.1, 0.15) is 5.56 Å². The van der Waals surface area contributed by atoms with Gasteiger partial charge in [0.1, 0.15) is 12.4 Å². The molecule has 1 saturated heterocycles. The van der Waals surface area contributed by atoms with E-state index in [1.165, 1.54) is 0 Å². The van der Waals surface area contributed by atoms with Crippen molar-refractivity contribution in [3.63, 3.8) is 0 Å². The maximum atomic E-state index is 13.1. The average Bonchev–Trinajstić information content (AvgIpc) is 2.99. The molecule has 9 heteroatoms. The second kappa shape index (κ2) is 6.40. The molecule has 0 saturated carbocycles. The van der Waals surface area contributed by atoms with Crippen LogP contribution in [0, 0.1) is 17.8 Å². The van der Waals surface area contributed by atoms with Crippen molar-refractivity contribution in [3.05, 3.63) is 28.8 Å². The van der Waals surface area contributed by atoms with Gasteiger partial charge in [0.25, 0.3) is 0 Å². The minimum Gasteiger partial charge on any atom is -0.492 e. The second-order valence-corrected chi connectivity index (χ2v) is 6.74. The molecular weight excluding hydrogens is 363 g/mol. The van der Waals surface area contributed by atoms with E-state index in [0.717, 1.165) is 4.90 Å². The topological polar surface area (TPSA) is 66.8 Å². The third kappa shape index (κ3) is 3.53. The van der Waals surface area contributed by atoms with Crippen LogP contribution in [0.3, 0.4) is 0 Å². The number of hydrogen-bond acceptors (Lipinski definition) is 3. The number of likely N-dealkylation sites (tertiary alicyclic amines) is 1. The molecule has 136 valence electrons. The minimum atomic E-state index is -4.67. The predicted molar refractivity (Wildman–Crippen MR) is 81.4 cm³/mol. The number of aliphatic carboxylic acids is 1.